The normalized spacial score (nSPS) is 15.5. The third kappa shape index (κ3) is 4.43. The lowest BCUT2D eigenvalue weighted by molar-refractivity contribution is -0.384. The second kappa shape index (κ2) is 8.18. The molecule has 0 unspecified atom stereocenters. The number of hydrogen-bond acceptors (Lipinski definition) is 5. The van der Waals surface area contributed by atoms with Crippen LogP contribution in [0.5, 0.6) is 0 Å². The molecule has 8 heteroatoms. The average molecular weight is 389 g/mol. The van der Waals surface area contributed by atoms with Crippen LogP contribution < -0.4 is 5.32 Å². The van der Waals surface area contributed by atoms with Gasteiger partial charge in [-0.1, -0.05) is 35.9 Å². The lowest BCUT2D eigenvalue weighted by Crippen LogP contribution is -2.34. The van der Waals surface area contributed by atoms with Crippen LogP contribution in [0.2, 0.25) is 5.02 Å². The first-order valence-electron chi connectivity index (χ1n) is 8.44. The highest BCUT2D eigenvalue weighted by Gasteiger charge is 2.22. The van der Waals surface area contributed by atoms with Crippen LogP contribution >= 0.6 is 11.6 Å². The SMILES string of the molecule is O=C(COC(=O)c1ccc(Cl)c([N+](=O)[O-])c1)N[C@@H]1CCCc2ccccc21. The van der Waals surface area contributed by atoms with Crippen molar-refractivity contribution >= 4 is 29.2 Å². The van der Waals surface area contributed by atoms with E-state index in [9.17, 15) is 19.7 Å². The maximum Gasteiger partial charge on any atom is 0.338 e. The fraction of sp³-hybridized carbons (Fsp3) is 0.263. The van der Waals surface area contributed by atoms with Crippen LogP contribution in [0, 0.1) is 10.1 Å². The van der Waals surface area contributed by atoms with Crippen molar-refractivity contribution < 1.29 is 19.2 Å². The Hall–Kier alpha value is -2.93. The van der Waals surface area contributed by atoms with E-state index in [0.29, 0.717) is 0 Å². The summed E-state index contributed by atoms with van der Waals surface area (Å²) in [6.45, 7) is -0.464. The largest absolute Gasteiger partial charge is 0.452 e. The van der Waals surface area contributed by atoms with Crippen molar-refractivity contribution in [1.82, 2.24) is 5.32 Å². The van der Waals surface area contributed by atoms with E-state index in [4.69, 9.17) is 16.3 Å². The molecule has 3 rings (SSSR count). The molecular formula is C19H17ClN2O5. The van der Waals surface area contributed by atoms with E-state index >= 15 is 0 Å². The van der Waals surface area contributed by atoms with E-state index < -0.39 is 29.1 Å². The van der Waals surface area contributed by atoms with Crippen LogP contribution in [-0.2, 0) is 16.0 Å². The Balaban J connectivity index is 1.59. The van der Waals surface area contributed by atoms with Crippen molar-refractivity contribution in [2.24, 2.45) is 0 Å². The number of rotatable bonds is 5. The minimum absolute atomic E-state index is 0.0399. The maximum atomic E-state index is 12.2. The molecule has 0 bridgehead atoms. The van der Waals surface area contributed by atoms with Crippen molar-refractivity contribution in [2.45, 2.75) is 25.3 Å². The molecule has 0 heterocycles. The first-order valence-corrected chi connectivity index (χ1v) is 8.81. The summed E-state index contributed by atoms with van der Waals surface area (Å²) in [4.78, 5) is 34.4. The van der Waals surface area contributed by atoms with Crippen molar-refractivity contribution in [1.29, 1.82) is 0 Å². The number of halogens is 1. The van der Waals surface area contributed by atoms with Crippen molar-refractivity contribution in [2.75, 3.05) is 6.61 Å². The molecule has 140 valence electrons. The number of nitrogens with zero attached hydrogens (tertiary/aromatic N) is 1. The lowest BCUT2D eigenvalue weighted by atomic mass is 9.88. The molecule has 0 radical (unpaired) electrons. The topological polar surface area (TPSA) is 98.5 Å². The van der Waals surface area contributed by atoms with Gasteiger partial charge in [-0.15, -0.1) is 0 Å². The van der Waals surface area contributed by atoms with Gasteiger partial charge in [-0.2, -0.15) is 0 Å². The summed E-state index contributed by atoms with van der Waals surface area (Å²) in [5.74, 6) is -1.25. The monoisotopic (exact) mass is 388 g/mol. The van der Waals surface area contributed by atoms with E-state index in [2.05, 4.69) is 5.32 Å². The predicted molar refractivity (Wildman–Crippen MR) is 98.7 cm³/mol. The Kier molecular flexibility index (Phi) is 5.71. The molecule has 2 aromatic rings. The van der Waals surface area contributed by atoms with Crippen LogP contribution in [0.1, 0.15) is 40.4 Å². The second-order valence-electron chi connectivity index (χ2n) is 6.21. The van der Waals surface area contributed by atoms with Crippen molar-refractivity contribution in [3.8, 4) is 0 Å². The fourth-order valence-corrected chi connectivity index (χ4v) is 3.32. The van der Waals surface area contributed by atoms with Gasteiger partial charge in [-0.3, -0.25) is 14.9 Å². The van der Waals surface area contributed by atoms with Gasteiger partial charge in [0.2, 0.25) is 0 Å². The number of carbonyl (C=O) groups is 2. The summed E-state index contributed by atoms with van der Waals surface area (Å²) in [6.07, 6.45) is 2.77. The number of aryl methyl sites for hydroxylation is 1. The smallest absolute Gasteiger partial charge is 0.338 e. The van der Waals surface area contributed by atoms with Crippen LogP contribution in [0.3, 0.4) is 0 Å². The van der Waals surface area contributed by atoms with E-state index in [1.807, 2.05) is 24.3 Å². The minimum atomic E-state index is -0.825. The highest BCUT2D eigenvalue weighted by atomic mass is 35.5. The number of nitrogens with one attached hydrogen (secondary N) is 1. The van der Waals surface area contributed by atoms with Gasteiger partial charge in [0.05, 0.1) is 16.5 Å². The predicted octanol–water partition coefficient (Wildman–Crippen LogP) is 3.60. The first kappa shape index (κ1) is 18.8. The van der Waals surface area contributed by atoms with Crippen molar-refractivity contribution in [3.63, 3.8) is 0 Å². The fourth-order valence-electron chi connectivity index (χ4n) is 3.13. The van der Waals surface area contributed by atoms with Gasteiger partial charge in [0.15, 0.2) is 6.61 Å². The van der Waals surface area contributed by atoms with Gasteiger partial charge in [0.25, 0.3) is 11.6 Å². The summed E-state index contributed by atoms with van der Waals surface area (Å²) in [6, 6.07) is 11.4. The molecule has 1 amide bonds. The summed E-state index contributed by atoms with van der Waals surface area (Å²) in [5.41, 5.74) is 1.85. The van der Waals surface area contributed by atoms with Crippen LogP contribution in [0.15, 0.2) is 42.5 Å². The molecule has 1 N–H and O–H groups in total. The van der Waals surface area contributed by atoms with E-state index in [1.165, 1.54) is 17.7 Å². The Morgan fingerprint density at radius 3 is 2.81 bits per heavy atom. The number of hydrogen-bond donors (Lipinski definition) is 1. The van der Waals surface area contributed by atoms with E-state index in [1.54, 1.807) is 0 Å². The average Bonchev–Trinajstić information content (AvgIpc) is 2.66. The quantitative estimate of drug-likeness (QED) is 0.479. The maximum absolute atomic E-state index is 12.2. The van der Waals surface area contributed by atoms with E-state index in [0.717, 1.165) is 30.9 Å². The van der Waals surface area contributed by atoms with Gasteiger partial charge in [0, 0.05) is 6.07 Å². The lowest BCUT2D eigenvalue weighted by Gasteiger charge is -2.26. The molecule has 0 spiro atoms. The molecule has 0 saturated heterocycles. The molecule has 0 aliphatic heterocycles. The molecule has 1 aliphatic carbocycles. The Labute approximate surface area is 160 Å². The van der Waals surface area contributed by atoms with Gasteiger partial charge >= 0.3 is 5.97 Å². The third-order valence-corrected chi connectivity index (χ3v) is 4.74. The zero-order valence-corrected chi connectivity index (χ0v) is 15.1. The number of fused-ring (bicyclic) bond motifs is 1. The first-order chi connectivity index (χ1) is 13.0. The van der Waals surface area contributed by atoms with Gasteiger partial charge in [-0.25, -0.2) is 4.79 Å². The number of esters is 1. The number of amides is 1. The highest BCUT2D eigenvalue weighted by Crippen LogP contribution is 2.29. The van der Waals surface area contributed by atoms with E-state index in [-0.39, 0.29) is 16.6 Å². The van der Waals surface area contributed by atoms with Crippen LogP contribution in [0.4, 0.5) is 5.69 Å². The molecule has 0 aromatic heterocycles. The molecular weight excluding hydrogens is 372 g/mol. The zero-order chi connectivity index (χ0) is 19.4. The molecule has 7 nitrogen and oxygen atoms in total. The number of benzene rings is 2. The molecule has 0 fully saturated rings. The third-order valence-electron chi connectivity index (χ3n) is 4.42. The Morgan fingerprint density at radius 1 is 1.26 bits per heavy atom. The Morgan fingerprint density at radius 2 is 2.04 bits per heavy atom. The summed E-state index contributed by atoms with van der Waals surface area (Å²) in [7, 11) is 0. The van der Waals surface area contributed by atoms with Gasteiger partial charge < -0.3 is 10.1 Å². The van der Waals surface area contributed by atoms with Gasteiger partial charge in [-0.05, 0) is 42.5 Å². The summed E-state index contributed by atoms with van der Waals surface area (Å²) < 4.78 is 4.98. The number of carbonyl (C=O) groups excluding carboxylic acids is 2. The Bertz CT molecular complexity index is 899. The summed E-state index contributed by atoms with van der Waals surface area (Å²) in [5, 5.41) is 13.7. The molecule has 0 saturated carbocycles. The van der Waals surface area contributed by atoms with Crippen molar-refractivity contribution in [3.05, 3.63) is 74.3 Å². The van der Waals surface area contributed by atoms with Crippen LogP contribution in [-0.4, -0.2) is 23.4 Å². The number of nitro benzene ring substituents is 1. The highest BCUT2D eigenvalue weighted by molar-refractivity contribution is 6.32. The molecule has 2 aromatic carbocycles. The molecule has 1 atom stereocenters. The molecule has 1 aliphatic rings. The zero-order valence-electron chi connectivity index (χ0n) is 14.3. The standard InChI is InChI=1S/C19H17ClN2O5/c20-15-9-8-13(10-17(15)22(25)26)19(24)27-11-18(23)21-16-7-3-5-12-4-1-2-6-14(12)16/h1-2,4,6,8-10,16H,3,5,7,11H2,(H,21,23)/t16-/m1/s1. The van der Waals surface area contributed by atoms with Crippen LogP contribution in [0.25, 0.3) is 0 Å². The number of ether oxygens (including phenoxy) is 1. The minimum Gasteiger partial charge on any atom is -0.452 e. The molecule has 27 heavy (non-hydrogen) atoms. The second-order valence-corrected chi connectivity index (χ2v) is 6.62. The summed E-state index contributed by atoms with van der Waals surface area (Å²) >= 11 is 5.72. The number of nitro groups is 1. The van der Waals surface area contributed by atoms with Gasteiger partial charge in [0.1, 0.15) is 5.02 Å².